The predicted molar refractivity (Wildman–Crippen MR) is 76.9 cm³/mol. The lowest BCUT2D eigenvalue weighted by molar-refractivity contribution is -0.141. The highest BCUT2D eigenvalue weighted by molar-refractivity contribution is 6.04. The lowest BCUT2D eigenvalue weighted by atomic mass is 10.1. The zero-order chi connectivity index (χ0) is 15.0. The number of aryl methyl sites for hydroxylation is 1. The third-order valence-corrected chi connectivity index (χ3v) is 4.09. The molecule has 0 radical (unpaired) electrons. The number of benzene rings is 1. The van der Waals surface area contributed by atoms with E-state index in [1.165, 1.54) is 0 Å². The van der Waals surface area contributed by atoms with E-state index in [4.69, 9.17) is 5.11 Å². The Morgan fingerprint density at radius 1 is 1.33 bits per heavy atom. The minimum Gasteiger partial charge on any atom is -0.481 e. The van der Waals surface area contributed by atoms with Crippen LogP contribution < -0.4 is 5.32 Å². The summed E-state index contributed by atoms with van der Waals surface area (Å²) >= 11 is 0. The first kappa shape index (κ1) is 13.6. The molecule has 0 bridgehead atoms. The van der Waals surface area contributed by atoms with Crippen LogP contribution >= 0.6 is 0 Å². The van der Waals surface area contributed by atoms with Gasteiger partial charge in [-0.25, -0.2) is 0 Å². The summed E-state index contributed by atoms with van der Waals surface area (Å²) in [6.45, 7) is 0. The average molecular weight is 287 g/mol. The smallest absolute Gasteiger partial charge is 0.306 e. The summed E-state index contributed by atoms with van der Waals surface area (Å²) in [4.78, 5) is 23.3. The first-order chi connectivity index (χ1) is 10.1. The van der Waals surface area contributed by atoms with Crippen LogP contribution in [0.5, 0.6) is 0 Å². The van der Waals surface area contributed by atoms with Gasteiger partial charge in [-0.3, -0.25) is 14.3 Å². The van der Waals surface area contributed by atoms with Gasteiger partial charge in [0.1, 0.15) is 0 Å². The van der Waals surface area contributed by atoms with E-state index in [1.54, 1.807) is 11.7 Å². The van der Waals surface area contributed by atoms with Crippen LogP contribution in [-0.2, 0) is 11.8 Å². The third kappa shape index (κ3) is 2.49. The number of hydrogen-bond donors (Lipinski definition) is 2. The number of rotatable bonds is 3. The van der Waals surface area contributed by atoms with Crippen LogP contribution in [0.2, 0.25) is 0 Å². The van der Waals surface area contributed by atoms with Gasteiger partial charge >= 0.3 is 5.97 Å². The molecule has 1 heterocycles. The van der Waals surface area contributed by atoms with Crippen molar-refractivity contribution >= 4 is 22.8 Å². The second-order valence-corrected chi connectivity index (χ2v) is 5.51. The Hall–Kier alpha value is -2.37. The molecule has 6 nitrogen and oxygen atoms in total. The first-order valence-electron chi connectivity index (χ1n) is 7.01. The molecule has 21 heavy (non-hydrogen) atoms. The topological polar surface area (TPSA) is 84.2 Å². The van der Waals surface area contributed by atoms with Crippen molar-refractivity contribution in [2.75, 3.05) is 0 Å². The number of carboxylic acid groups (broad SMARTS) is 1. The lowest BCUT2D eigenvalue weighted by Gasteiger charge is -2.11. The zero-order valence-electron chi connectivity index (χ0n) is 11.7. The molecule has 110 valence electrons. The van der Waals surface area contributed by atoms with Crippen LogP contribution in [-0.4, -0.2) is 32.8 Å². The van der Waals surface area contributed by atoms with Crippen molar-refractivity contribution in [2.24, 2.45) is 13.0 Å². The van der Waals surface area contributed by atoms with Crippen molar-refractivity contribution in [1.82, 2.24) is 15.1 Å². The molecule has 1 aliphatic carbocycles. The summed E-state index contributed by atoms with van der Waals surface area (Å²) in [5.41, 5.74) is 1.30. The summed E-state index contributed by atoms with van der Waals surface area (Å²) in [5.74, 6) is -1.37. The number of carboxylic acids is 1. The maximum atomic E-state index is 12.4. The minimum absolute atomic E-state index is 0.0839. The van der Waals surface area contributed by atoms with Crippen molar-refractivity contribution in [3.8, 4) is 0 Å². The zero-order valence-corrected chi connectivity index (χ0v) is 11.7. The molecular weight excluding hydrogens is 270 g/mol. The fourth-order valence-corrected chi connectivity index (χ4v) is 2.97. The second-order valence-electron chi connectivity index (χ2n) is 5.51. The van der Waals surface area contributed by atoms with E-state index in [0.29, 0.717) is 25.0 Å². The molecule has 0 spiro atoms. The minimum atomic E-state index is -0.782. The normalized spacial score (nSPS) is 21.6. The molecule has 1 amide bonds. The van der Waals surface area contributed by atoms with Gasteiger partial charge in [0.2, 0.25) is 0 Å². The van der Waals surface area contributed by atoms with E-state index in [2.05, 4.69) is 10.4 Å². The van der Waals surface area contributed by atoms with Crippen LogP contribution in [0, 0.1) is 5.92 Å². The Bertz CT molecular complexity index is 707. The molecule has 0 saturated heterocycles. The van der Waals surface area contributed by atoms with Crippen LogP contribution in [0.25, 0.3) is 10.9 Å². The molecule has 0 aliphatic heterocycles. The summed E-state index contributed by atoms with van der Waals surface area (Å²) in [6, 6.07) is 7.47. The van der Waals surface area contributed by atoms with Crippen molar-refractivity contribution in [1.29, 1.82) is 0 Å². The van der Waals surface area contributed by atoms with E-state index in [9.17, 15) is 9.59 Å². The largest absolute Gasteiger partial charge is 0.481 e. The highest BCUT2D eigenvalue weighted by Crippen LogP contribution is 2.26. The fraction of sp³-hybridized carbons (Fsp3) is 0.400. The second kappa shape index (κ2) is 5.20. The summed E-state index contributed by atoms with van der Waals surface area (Å²) in [5, 5.41) is 17.0. The third-order valence-electron chi connectivity index (χ3n) is 4.09. The average Bonchev–Trinajstić information content (AvgIpc) is 3.05. The molecule has 2 aromatic rings. The van der Waals surface area contributed by atoms with Gasteiger partial charge in [-0.05, 0) is 25.3 Å². The van der Waals surface area contributed by atoms with Gasteiger partial charge in [0.05, 0.1) is 11.4 Å². The van der Waals surface area contributed by atoms with Gasteiger partial charge < -0.3 is 10.4 Å². The number of nitrogens with zero attached hydrogens (tertiary/aromatic N) is 2. The van der Waals surface area contributed by atoms with Gasteiger partial charge in [0.25, 0.3) is 5.91 Å². The van der Waals surface area contributed by atoms with Gasteiger partial charge in [0, 0.05) is 18.5 Å². The molecule has 1 fully saturated rings. The Morgan fingerprint density at radius 2 is 2.10 bits per heavy atom. The Kier molecular flexibility index (Phi) is 3.37. The number of hydrogen-bond acceptors (Lipinski definition) is 3. The van der Waals surface area contributed by atoms with Crippen molar-refractivity contribution in [3.05, 3.63) is 30.0 Å². The number of aliphatic carboxylic acids is 1. The molecule has 2 atom stereocenters. The molecule has 6 heteroatoms. The van der Waals surface area contributed by atoms with E-state index in [0.717, 1.165) is 10.9 Å². The van der Waals surface area contributed by atoms with Crippen LogP contribution in [0.4, 0.5) is 0 Å². The first-order valence-corrected chi connectivity index (χ1v) is 7.01. The van der Waals surface area contributed by atoms with Crippen molar-refractivity contribution in [2.45, 2.75) is 25.3 Å². The summed E-state index contributed by atoms with van der Waals surface area (Å²) in [6.07, 6.45) is 1.81. The monoisotopic (exact) mass is 287 g/mol. The standard InChI is InChI=1S/C15H17N3O3/c1-18-12-5-3-2-4-11(12)13(17-18)14(19)16-10-7-6-9(8-10)15(20)21/h2-5,9-10H,6-8H2,1H3,(H,16,19)(H,20,21)/t9-,10+/m1/s1. The van der Waals surface area contributed by atoms with Gasteiger partial charge in [0.15, 0.2) is 5.69 Å². The number of para-hydroxylation sites is 1. The van der Waals surface area contributed by atoms with E-state index >= 15 is 0 Å². The molecule has 1 saturated carbocycles. The fourth-order valence-electron chi connectivity index (χ4n) is 2.97. The number of carbonyl (C=O) groups excluding carboxylic acids is 1. The number of fused-ring (bicyclic) bond motifs is 1. The summed E-state index contributed by atoms with van der Waals surface area (Å²) < 4.78 is 1.68. The van der Waals surface area contributed by atoms with Crippen LogP contribution in [0.3, 0.4) is 0 Å². The summed E-state index contributed by atoms with van der Waals surface area (Å²) in [7, 11) is 1.80. The Balaban J connectivity index is 1.78. The maximum Gasteiger partial charge on any atom is 0.306 e. The maximum absolute atomic E-state index is 12.4. The van der Waals surface area contributed by atoms with E-state index < -0.39 is 5.97 Å². The van der Waals surface area contributed by atoms with Crippen molar-refractivity contribution < 1.29 is 14.7 Å². The molecular formula is C15H17N3O3. The SMILES string of the molecule is Cn1nc(C(=O)N[C@H]2CC[C@@H](C(=O)O)C2)c2ccccc21. The number of aromatic nitrogens is 2. The molecule has 3 rings (SSSR count). The van der Waals surface area contributed by atoms with E-state index in [-0.39, 0.29) is 17.9 Å². The number of amides is 1. The van der Waals surface area contributed by atoms with Gasteiger partial charge in [-0.2, -0.15) is 5.10 Å². The molecule has 0 unspecified atom stereocenters. The van der Waals surface area contributed by atoms with Gasteiger partial charge in [-0.15, -0.1) is 0 Å². The van der Waals surface area contributed by atoms with Gasteiger partial charge in [-0.1, -0.05) is 18.2 Å². The van der Waals surface area contributed by atoms with Crippen LogP contribution in [0.1, 0.15) is 29.8 Å². The van der Waals surface area contributed by atoms with Crippen molar-refractivity contribution in [3.63, 3.8) is 0 Å². The quantitative estimate of drug-likeness (QED) is 0.897. The molecule has 1 aromatic carbocycles. The Labute approximate surface area is 121 Å². The van der Waals surface area contributed by atoms with E-state index in [1.807, 2.05) is 24.3 Å². The molecule has 1 aromatic heterocycles. The molecule has 1 aliphatic rings. The highest BCUT2D eigenvalue weighted by atomic mass is 16.4. The molecule has 2 N–H and O–H groups in total. The lowest BCUT2D eigenvalue weighted by Crippen LogP contribution is -2.33. The predicted octanol–water partition coefficient (Wildman–Crippen LogP) is 1.56. The Morgan fingerprint density at radius 3 is 2.81 bits per heavy atom. The number of carbonyl (C=O) groups is 2. The number of nitrogens with one attached hydrogen (secondary N) is 1. The highest BCUT2D eigenvalue weighted by Gasteiger charge is 2.31. The van der Waals surface area contributed by atoms with Crippen LogP contribution in [0.15, 0.2) is 24.3 Å².